The van der Waals surface area contributed by atoms with Crippen LogP contribution in [0.25, 0.3) is 0 Å². The minimum atomic E-state index is -5.08. The first-order valence-electron chi connectivity index (χ1n) is 11.3. The lowest BCUT2D eigenvalue weighted by molar-refractivity contribution is -0.193. The summed E-state index contributed by atoms with van der Waals surface area (Å²) in [6.07, 6.45) is -4.36. The Kier molecular flexibility index (Phi) is 11.1. The molecule has 11 nitrogen and oxygen atoms in total. The number of alkyl halides is 6. The molecule has 2 aromatic rings. The van der Waals surface area contributed by atoms with Gasteiger partial charge in [0.15, 0.2) is 5.82 Å². The molecule has 18 heteroatoms. The van der Waals surface area contributed by atoms with E-state index >= 15 is 0 Å². The second-order valence-electron chi connectivity index (χ2n) is 8.14. The average molecular weight is 585 g/mol. The number of amides is 1. The topological polar surface area (TPSA) is 155 Å². The molecule has 2 saturated heterocycles. The Bertz CT molecular complexity index is 1110. The fraction of sp³-hybridized carbons (Fsp3) is 0.455. The van der Waals surface area contributed by atoms with Crippen molar-refractivity contribution in [3.05, 3.63) is 48.3 Å². The van der Waals surface area contributed by atoms with Crippen LogP contribution in [0, 0.1) is 5.82 Å². The first kappa shape index (κ1) is 32.1. The van der Waals surface area contributed by atoms with Crippen molar-refractivity contribution < 1.29 is 60.1 Å². The lowest BCUT2D eigenvalue weighted by atomic mass is 9.98. The van der Waals surface area contributed by atoms with Gasteiger partial charge in [0, 0.05) is 12.7 Å². The second kappa shape index (κ2) is 13.8. The predicted molar refractivity (Wildman–Crippen MR) is 119 cm³/mol. The lowest BCUT2D eigenvalue weighted by Crippen LogP contribution is -2.48. The van der Waals surface area contributed by atoms with Crippen molar-refractivity contribution in [3.8, 4) is 0 Å². The third-order valence-electron chi connectivity index (χ3n) is 5.36. The number of nitrogens with one attached hydrogen (secondary N) is 1. The highest BCUT2D eigenvalue weighted by Gasteiger charge is 2.43. The van der Waals surface area contributed by atoms with Gasteiger partial charge in [-0.15, -0.1) is 0 Å². The molecule has 3 N–H and O–H groups in total. The predicted octanol–water partition coefficient (Wildman–Crippen LogP) is 2.72. The van der Waals surface area contributed by atoms with Crippen LogP contribution in [-0.2, 0) is 25.7 Å². The molecule has 2 aromatic heterocycles. The second-order valence-corrected chi connectivity index (χ2v) is 8.14. The lowest BCUT2D eigenvalue weighted by Gasteiger charge is -2.35. The maximum atomic E-state index is 13.0. The summed E-state index contributed by atoms with van der Waals surface area (Å²) in [4.78, 5) is 44.6. The quantitative estimate of drug-likeness (QED) is 0.457. The molecule has 0 aliphatic carbocycles. The summed E-state index contributed by atoms with van der Waals surface area (Å²) >= 11 is 0. The maximum absolute atomic E-state index is 13.0. The fourth-order valence-corrected chi connectivity index (χ4v) is 3.62. The van der Waals surface area contributed by atoms with Crippen LogP contribution in [0.1, 0.15) is 25.0 Å². The molecule has 220 valence electrons. The van der Waals surface area contributed by atoms with Crippen molar-refractivity contribution in [2.75, 3.05) is 11.4 Å². The molecule has 0 aromatic carbocycles. The molecule has 3 atom stereocenters. The minimum Gasteiger partial charge on any atom is -0.475 e. The maximum Gasteiger partial charge on any atom is 0.490 e. The number of fused-ring (bicyclic) bond motifs is 1. The molecule has 0 saturated carbocycles. The summed E-state index contributed by atoms with van der Waals surface area (Å²) in [6, 6.07) is 5.73. The number of carbonyl (C=O) groups excluding carboxylic acids is 1. The van der Waals surface area contributed by atoms with Gasteiger partial charge in [-0.1, -0.05) is 6.07 Å². The number of hydrogen-bond acceptors (Lipinski definition) is 8. The zero-order valence-corrected chi connectivity index (χ0v) is 20.2. The van der Waals surface area contributed by atoms with Crippen LogP contribution >= 0.6 is 0 Å². The van der Waals surface area contributed by atoms with Crippen LogP contribution in [0.15, 0.2) is 36.8 Å². The highest BCUT2D eigenvalue weighted by molar-refractivity contribution is 5.80. The van der Waals surface area contributed by atoms with Crippen LogP contribution < -0.4 is 10.2 Å². The third kappa shape index (κ3) is 9.90. The van der Waals surface area contributed by atoms with Crippen molar-refractivity contribution in [2.24, 2.45) is 0 Å². The highest BCUT2D eigenvalue weighted by atomic mass is 19.4. The van der Waals surface area contributed by atoms with E-state index in [1.807, 2.05) is 23.1 Å². The molecular formula is C22H22F7N5O6. The Morgan fingerprint density at radius 3 is 2.02 bits per heavy atom. The summed E-state index contributed by atoms with van der Waals surface area (Å²) in [5.74, 6) is -5.56. The van der Waals surface area contributed by atoms with Gasteiger partial charge in [-0.2, -0.15) is 26.3 Å². The first-order valence-corrected chi connectivity index (χ1v) is 11.3. The molecule has 1 amide bonds. The van der Waals surface area contributed by atoms with Crippen LogP contribution in [0.3, 0.4) is 0 Å². The van der Waals surface area contributed by atoms with Gasteiger partial charge in [0.05, 0.1) is 36.8 Å². The average Bonchev–Trinajstić information content (AvgIpc) is 3.31. The number of carboxylic acid groups (broad SMARTS) is 2. The monoisotopic (exact) mass is 585 g/mol. The molecule has 0 bridgehead atoms. The standard InChI is InChI=1S/C18H20FN5O2.2C2HF3O2/c19-12-9-22-18(23-10-12)24-8-6-15-14(24)4-5-16(26-15)17(25)21-11-13-3-1-2-7-20-13;2*3-2(4,5)1(6)7/h1-3,7,9-10,14-16H,4-6,8,11H2,(H,21,25);2*(H,6,7)/t14-,15-,16+;;/m1../s1. The van der Waals surface area contributed by atoms with E-state index in [0.29, 0.717) is 18.9 Å². The van der Waals surface area contributed by atoms with Gasteiger partial charge < -0.3 is 25.2 Å². The van der Waals surface area contributed by atoms with Crippen molar-refractivity contribution in [3.63, 3.8) is 0 Å². The van der Waals surface area contributed by atoms with Crippen molar-refractivity contribution >= 4 is 23.8 Å². The largest absolute Gasteiger partial charge is 0.490 e. The van der Waals surface area contributed by atoms with Crippen LogP contribution in [-0.4, -0.2) is 80.2 Å². The molecule has 2 aliphatic heterocycles. The Balaban J connectivity index is 0.000000333. The summed E-state index contributed by atoms with van der Waals surface area (Å²) in [5, 5.41) is 17.1. The number of carbonyl (C=O) groups is 3. The van der Waals surface area contributed by atoms with Crippen molar-refractivity contribution in [2.45, 2.75) is 56.4 Å². The number of aromatic nitrogens is 3. The fourth-order valence-electron chi connectivity index (χ4n) is 3.62. The summed E-state index contributed by atoms with van der Waals surface area (Å²) in [5.41, 5.74) is 0.815. The summed E-state index contributed by atoms with van der Waals surface area (Å²) in [7, 11) is 0. The van der Waals surface area contributed by atoms with Gasteiger partial charge in [-0.05, 0) is 31.4 Å². The van der Waals surface area contributed by atoms with Gasteiger partial charge in [-0.25, -0.2) is 23.9 Å². The van der Waals surface area contributed by atoms with E-state index in [4.69, 9.17) is 24.5 Å². The molecule has 4 rings (SSSR count). The van der Waals surface area contributed by atoms with Gasteiger partial charge in [0.25, 0.3) is 0 Å². The van der Waals surface area contributed by atoms with Gasteiger partial charge in [0.2, 0.25) is 11.9 Å². The smallest absolute Gasteiger partial charge is 0.475 e. The third-order valence-corrected chi connectivity index (χ3v) is 5.36. The van der Waals surface area contributed by atoms with Crippen LogP contribution in [0.2, 0.25) is 0 Å². The minimum absolute atomic E-state index is 0.0389. The Labute approximate surface area is 221 Å². The molecule has 2 aliphatic rings. The Morgan fingerprint density at radius 1 is 0.950 bits per heavy atom. The number of nitrogens with zero attached hydrogens (tertiary/aromatic N) is 4. The van der Waals surface area contributed by atoms with E-state index < -0.39 is 36.2 Å². The number of aliphatic carboxylic acids is 2. The number of halogens is 7. The molecule has 40 heavy (non-hydrogen) atoms. The van der Waals surface area contributed by atoms with Gasteiger partial charge in [0.1, 0.15) is 6.10 Å². The SMILES string of the molecule is O=C(NCc1ccccn1)[C@@H]1CC[C@@H]2[C@@H](CCN2c2ncc(F)cn2)O1.O=C(O)C(F)(F)F.O=C(O)C(F)(F)F. The van der Waals surface area contributed by atoms with E-state index in [-0.39, 0.29) is 18.1 Å². The highest BCUT2D eigenvalue weighted by Crippen LogP contribution is 2.33. The molecule has 2 fully saturated rings. The van der Waals surface area contributed by atoms with Crippen LogP contribution in [0.5, 0.6) is 0 Å². The molecule has 0 radical (unpaired) electrons. The number of ether oxygens (including phenoxy) is 1. The van der Waals surface area contributed by atoms with Gasteiger partial charge in [-0.3, -0.25) is 9.78 Å². The molecular weight excluding hydrogens is 563 g/mol. The van der Waals surface area contributed by atoms with Gasteiger partial charge >= 0.3 is 24.3 Å². The number of anilines is 1. The Hall–Kier alpha value is -4.09. The van der Waals surface area contributed by atoms with E-state index in [9.17, 15) is 35.5 Å². The van der Waals surface area contributed by atoms with E-state index in [1.54, 1.807) is 6.20 Å². The van der Waals surface area contributed by atoms with Crippen molar-refractivity contribution in [1.29, 1.82) is 0 Å². The number of hydrogen-bond donors (Lipinski definition) is 3. The normalized spacial score (nSPS) is 20.2. The van der Waals surface area contributed by atoms with Crippen molar-refractivity contribution in [1.82, 2.24) is 20.3 Å². The number of rotatable bonds is 4. The number of carboxylic acids is 2. The van der Waals surface area contributed by atoms with E-state index in [2.05, 4.69) is 20.3 Å². The summed E-state index contributed by atoms with van der Waals surface area (Å²) < 4.78 is 82.5. The Morgan fingerprint density at radius 2 is 1.52 bits per heavy atom. The molecule has 0 spiro atoms. The van der Waals surface area contributed by atoms with E-state index in [1.165, 1.54) is 12.4 Å². The zero-order valence-electron chi connectivity index (χ0n) is 20.2. The molecule has 0 unspecified atom stereocenters. The first-order chi connectivity index (χ1) is 18.6. The van der Waals surface area contributed by atoms with Crippen LogP contribution in [0.4, 0.5) is 36.7 Å². The number of pyridine rings is 1. The zero-order chi connectivity index (χ0) is 30.1. The van der Waals surface area contributed by atoms with E-state index in [0.717, 1.165) is 25.1 Å². The molecule has 4 heterocycles. The summed E-state index contributed by atoms with van der Waals surface area (Å²) in [6.45, 7) is 1.13.